The number of rotatable bonds is 2. The zero-order valence-corrected chi connectivity index (χ0v) is 13.2. The summed E-state index contributed by atoms with van der Waals surface area (Å²) in [6.45, 7) is 7.74. The van der Waals surface area contributed by atoms with Gasteiger partial charge in [-0.3, -0.25) is 4.90 Å². The Bertz CT molecular complexity index is 685. The average Bonchev–Trinajstić information content (AvgIpc) is 3.06. The van der Waals surface area contributed by atoms with Crippen LogP contribution in [0, 0.1) is 18.2 Å². The number of aromatic nitrogens is 1. The van der Waals surface area contributed by atoms with Crippen molar-refractivity contribution in [2.75, 3.05) is 26.2 Å². The van der Waals surface area contributed by atoms with E-state index in [2.05, 4.69) is 22.1 Å². The summed E-state index contributed by atoms with van der Waals surface area (Å²) in [5, 5.41) is 4.55. The number of aryl methyl sites for hydroxylation is 1. The van der Waals surface area contributed by atoms with Crippen molar-refractivity contribution in [3.8, 4) is 0 Å². The molecule has 0 amide bonds. The highest BCUT2D eigenvalue weighted by atomic mass is 19.1. The number of fused-ring (bicyclic) bond motifs is 1. The van der Waals surface area contributed by atoms with Crippen molar-refractivity contribution in [2.45, 2.75) is 32.7 Å². The summed E-state index contributed by atoms with van der Waals surface area (Å²) in [5.74, 6) is -0.157. The van der Waals surface area contributed by atoms with Crippen LogP contribution in [0.4, 0.5) is 4.39 Å². The SMILES string of the molecule is Cc1c(CN2CCCC3(CCNC3)C2)[nH]c2ccc(F)cc12. The summed E-state index contributed by atoms with van der Waals surface area (Å²) >= 11 is 0. The molecule has 22 heavy (non-hydrogen) atoms. The smallest absolute Gasteiger partial charge is 0.123 e. The molecule has 1 spiro atoms. The number of nitrogens with zero attached hydrogens (tertiary/aromatic N) is 1. The van der Waals surface area contributed by atoms with Crippen LogP contribution in [-0.4, -0.2) is 36.1 Å². The minimum atomic E-state index is -0.157. The zero-order chi connectivity index (χ0) is 15.2. The first-order valence-corrected chi connectivity index (χ1v) is 8.35. The lowest BCUT2D eigenvalue weighted by Crippen LogP contribution is -2.44. The Morgan fingerprint density at radius 2 is 2.23 bits per heavy atom. The van der Waals surface area contributed by atoms with Gasteiger partial charge in [0.05, 0.1) is 0 Å². The molecule has 2 aliphatic heterocycles. The quantitative estimate of drug-likeness (QED) is 0.892. The van der Waals surface area contributed by atoms with E-state index in [1.165, 1.54) is 62.8 Å². The summed E-state index contributed by atoms with van der Waals surface area (Å²) in [5.41, 5.74) is 3.97. The van der Waals surface area contributed by atoms with Crippen LogP contribution in [0.2, 0.25) is 0 Å². The molecule has 118 valence electrons. The van der Waals surface area contributed by atoms with Crippen molar-refractivity contribution in [2.24, 2.45) is 5.41 Å². The summed E-state index contributed by atoms with van der Waals surface area (Å²) in [6.07, 6.45) is 3.95. The maximum atomic E-state index is 13.5. The molecule has 1 aromatic carbocycles. The molecular weight excluding hydrogens is 277 g/mol. The largest absolute Gasteiger partial charge is 0.357 e. The fourth-order valence-electron chi connectivity index (χ4n) is 4.33. The molecule has 1 atom stereocenters. The molecule has 3 nitrogen and oxygen atoms in total. The van der Waals surface area contributed by atoms with Gasteiger partial charge in [-0.2, -0.15) is 0 Å². The van der Waals surface area contributed by atoms with Gasteiger partial charge in [-0.1, -0.05) is 0 Å². The minimum Gasteiger partial charge on any atom is -0.357 e. The molecule has 0 saturated carbocycles. The summed E-state index contributed by atoms with van der Waals surface area (Å²) in [7, 11) is 0. The number of H-pyrrole nitrogens is 1. The Hall–Kier alpha value is -1.39. The van der Waals surface area contributed by atoms with E-state index in [1.54, 1.807) is 6.07 Å². The molecule has 0 radical (unpaired) electrons. The molecule has 2 aliphatic rings. The van der Waals surface area contributed by atoms with Crippen molar-refractivity contribution < 1.29 is 4.39 Å². The number of nitrogens with one attached hydrogen (secondary N) is 2. The number of aromatic amines is 1. The molecular formula is C18H24FN3. The first-order valence-electron chi connectivity index (χ1n) is 8.35. The molecule has 4 heteroatoms. The fourth-order valence-corrected chi connectivity index (χ4v) is 4.33. The summed E-state index contributed by atoms with van der Waals surface area (Å²) < 4.78 is 13.5. The molecule has 0 aliphatic carbocycles. The van der Waals surface area contributed by atoms with E-state index < -0.39 is 0 Å². The van der Waals surface area contributed by atoms with Gasteiger partial charge in [0, 0.05) is 36.2 Å². The fraction of sp³-hybridized carbons (Fsp3) is 0.556. The lowest BCUT2D eigenvalue weighted by Gasteiger charge is -2.40. The Morgan fingerprint density at radius 3 is 3.05 bits per heavy atom. The highest BCUT2D eigenvalue weighted by Crippen LogP contribution is 2.36. The van der Waals surface area contributed by atoms with Gasteiger partial charge in [0.15, 0.2) is 0 Å². The van der Waals surface area contributed by atoms with E-state index >= 15 is 0 Å². The molecule has 2 N–H and O–H groups in total. The van der Waals surface area contributed by atoms with Gasteiger partial charge in [0.2, 0.25) is 0 Å². The first-order chi connectivity index (χ1) is 10.7. The Labute approximate surface area is 130 Å². The van der Waals surface area contributed by atoms with Crippen molar-refractivity contribution in [3.05, 3.63) is 35.3 Å². The lowest BCUT2D eigenvalue weighted by molar-refractivity contribution is 0.0968. The summed E-state index contributed by atoms with van der Waals surface area (Å²) in [6, 6.07) is 5.02. The Morgan fingerprint density at radius 1 is 1.32 bits per heavy atom. The minimum absolute atomic E-state index is 0.157. The molecule has 2 aromatic rings. The zero-order valence-electron chi connectivity index (χ0n) is 13.2. The van der Waals surface area contributed by atoms with Crippen LogP contribution in [0.5, 0.6) is 0 Å². The van der Waals surface area contributed by atoms with Crippen LogP contribution in [0.25, 0.3) is 10.9 Å². The van der Waals surface area contributed by atoms with E-state index in [0.717, 1.165) is 17.4 Å². The molecule has 3 heterocycles. The maximum Gasteiger partial charge on any atom is 0.123 e. The third-order valence-electron chi connectivity index (χ3n) is 5.58. The van der Waals surface area contributed by atoms with Gasteiger partial charge < -0.3 is 10.3 Å². The predicted molar refractivity (Wildman–Crippen MR) is 87.4 cm³/mol. The Kier molecular flexibility index (Phi) is 3.46. The van der Waals surface area contributed by atoms with E-state index in [1.807, 2.05) is 6.07 Å². The van der Waals surface area contributed by atoms with Crippen molar-refractivity contribution in [1.82, 2.24) is 15.2 Å². The number of likely N-dealkylation sites (tertiary alicyclic amines) is 1. The van der Waals surface area contributed by atoms with Crippen LogP contribution in [0.15, 0.2) is 18.2 Å². The molecule has 0 bridgehead atoms. The standard InChI is InChI=1S/C18H24FN3/c1-13-15-9-14(19)3-4-16(15)21-17(13)10-22-8-2-5-18(12-22)6-7-20-11-18/h3-4,9,20-21H,2,5-8,10-12H2,1H3. The lowest BCUT2D eigenvalue weighted by atomic mass is 9.79. The average molecular weight is 301 g/mol. The molecule has 4 rings (SSSR count). The monoisotopic (exact) mass is 301 g/mol. The third-order valence-corrected chi connectivity index (χ3v) is 5.58. The second-order valence-corrected chi connectivity index (χ2v) is 7.16. The van der Waals surface area contributed by atoms with Gasteiger partial charge >= 0.3 is 0 Å². The van der Waals surface area contributed by atoms with Gasteiger partial charge in [0.1, 0.15) is 5.82 Å². The Balaban J connectivity index is 1.56. The van der Waals surface area contributed by atoms with E-state index in [-0.39, 0.29) is 5.82 Å². The van der Waals surface area contributed by atoms with E-state index in [0.29, 0.717) is 5.41 Å². The normalized spacial score (nSPS) is 26.3. The number of piperidine rings is 1. The first kappa shape index (κ1) is 14.2. The second-order valence-electron chi connectivity index (χ2n) is 7.16. The maximum absolute atomic E-state index is 13.5. The summed E-state index contributed by atoms with van der Waals surface area (Å²) in [4.78, 5) is 6.07. The topological polar surface area (TPSA) is 31.1 Å². The van der Waals surface area contributed by atoms with Crippen molar-refractivity contribution in [3.63, 3.8) is 0 Å². The molecule has 1 unspecified atom stereocenters. The number of hydrogen-bond donors (Lipinski definition) is 2. The van der Waals surface area contributed by atoms with Crippen LogP contribution in [0.1, 0.15) is 30.5 Å². The van der Waals surface area contributed by atoms with Crippen molar-refractivity contribution in [1.29, 1.82) is 0 Å². The highest BCUT2D eigenvalue weighted by molar-refractivity contribution is 5.84. The second kappa shape index (κ2) is 5.36. The van der Waals surface area contributed by atoms with Crippen LogP contribution >= 0.6 is 0 Å². The van der Waals surface area contributed by atoms with Gasteiger partial charge in [-0.15, -0.1) is 0 Å². The van der Waals surface area contributed by atoms with Crippen LogP contribution < -0.4 is 5.32 Å². The van der Waals surface area contributed by atoms with Crippen LogP contribution in [0.3, 0.4) is 0 Å². The third kappa shape index (κ3) is 2.44. The number of halogens is 1. The van der Waals surface area contributed by atoms with Gasteiger partial charge in [0.25, 0.3) is 0 Å². The molecule has 2 saturated heterocycles. The predicted octanol–water partition coefficient (Wildman–Crippen LogP) is 3.19. The van der Waals surface area contributed by atoms with Gasteiger partial charge in [-0.25, -0.2) is 4.39 Å². The van der Waals surface area contributed by atoms with Gasteiger partial charge in [-0.05, 0) is 68.5 Å². The van der Waals surface area contributed by atoms with Crippen molar-refractivity contribution >= 4 is 10.9 Å². The number of hydrogen-bond acceptors (Lipinski definition) is 2. The number of benzene rings is 1. The van der Waals surface area contributed by atoms with Crippen LogP contribution in [-0.2, 0) is 6.54 Å². The molecule has 2 fully saturated rings. The highest BCUT2D eigenvalue weighted by Gasteiger charge is 2.37. The molecule has 1 aromatic heterocycles. The van der Waals surface area contributed by atoms with E-state index in [4.69, 9.17) is 0 Å². The van der Waals surface area contributed by atoms with E-state index in [9.17, 15) is 4.39 Å².